The molecule has 5 heteroatoms. The molecule has 0 saturated heterocycles. The van der Waals surface area contributed by atoms with Crippen molar-refractivity contribution in [2.24, 2.45) is 0 Å². The van der Waals surface area contributed by atoms with E-state index in [9.17, 15) is 0 Å². The van der Waals surface area contributed by atoms with Crippen molar-refractivity contribution >= 4 is 12.3 Å². The second kappa shape index (κ2) is 9.46. The molecule has 0 N–H and O–H groups in total. The summed E-state index contributed by atoms with van der Waals surface area (Å²) < 4.78 is 17.0. The van der Waals surface area contributed by atoms with Gasteiger partial charge in [0.1, 0.15) is 0 Å². The molecule has 0 fully saturated rings. The van der Waals surface area contributed by atoms with Gasteiger partial charge in [0.2, 0.25) is 0 Å². The van der Waals surface area contributed by atoms with Crippen LogP contribution in [0.4, 0.5) is 0 Å². The third-order valence-corrected chi connectivity index (χ3v) is 13.0. The van der Waals surface area contributed by atoms with E-state index in [2.05, 4.69) is 33.1 Å². The molecule has 0 aromatic rings. The minimum atomic E-state index is -3.38. The maximum absolute atomic E-state index is 5.68. The first kappa shape index (κ1) is 15.2. The van der Waals surface area contributed by atoms with Gasteiger partial charge in [-0.3, -0.25) is 0 Å². The van der Waals surface area contributed by atoms with E-state index in [1.807, 2.05) is 0 Å². The third kappa shape index (κ3) is 7.51. The molecule has 3 nitrogen and oxygen atoms in total. The molecule has 0 heterocycles. The summed E-state index contributed by atoms with van der Waals surface area (Å²) in [6, 6.07) is 0. The first-order chi connectivity index (χ1) is 6.68. The molecule has 0 amide bonds. The van der Waals surface area contributed by atoms with E-state index in [0.29, 0.717) is 0 Å². The van der Waals surface area contributed by atoms with Gasteiger partial charge in [0, 0.05) is 0 Å². The summed E-state index contributed by atoms with van der Waals surface area (Å²) in [6.45, 7) is 8.42. The van der Waals surface area contributed by atoms with E-state index in [1.54, 1.807) is 0 Å². The normalized spacial score (nSPS) is 12.0. The van der Waals surface area contributed by atoms with Gasteiger partial charge < -0.3 is 0 Å². The van der Waals surface area contributed by atoms with Crippen LogP contribution in [0.25, 0.3) is 0 Å². The fourth-order valence-electron chi connectivity index (χ4n) is 0.797. The second-order valence-electron chi connectivity index (χ2n) is 3.03. The van der Waals surface area contributed by atoms with Crippen LogP contribution in [0.15, 0.2) is 0 Å². The average Bonchev–Trinajstić information content (AvgIpc) is 2.21. The van der Waals surface area contributed by atoms with Crippen molar-refractivity contribution < 1.29 is 27.5 Å². The Morgan fingerprint density at radius 2 is 1.07 bits per heavy atom. The Hall–Kier alpha value is 1.23. The SMILES string of the molecule is CCC[O][Hf]([Br])([O]CCC)[O]CCC. The fraction of sp³-hybridized carbons (Fsp3) is 1.00. The van der Waals surface area contributed by atoms with Crippen LogP contribution in [0.2, 0.25) is 0 Å². The monoisotopic (exact) mass is 436 g/mol. The molecule has 0 unspecified atom stereocenters. The Balaban J connectivity index is 3.89. The molecular weight excluding hydrogens is 414 g/mol. The van der Waals surface area contributed by atoms with Crippen LogP contribution < -0.4 is 0 Å². The molecule has 0 bridgehead atoms. The van der Waals surface area contributed by atoms with Crippen molar-refractivity contribution in [2.45, 2.75) is 40.0 Å². The van der Waals surface area contributed by atoms with Gasteiger partial charge in [-0.05, 0) is 0 Å². The van der Waals surface area contributed by atoms with Gasteiger partial charge in [-0.1, -0.05) is 0 Å². The summed E-state index contributed by atoms with van der Waals surface area (Å²) >= 11 is 0.164. The summed E-state index contributed by atoms with van der Waals surface area (Å²) in [4.78, 5) is 0. The molecular formula is C9H21BrHfO3. The molecule has 0 aliphatic heterocycles. The molecule has 0 aromatic heterocycles. The molecule has 0 spiro atoms. The zero-order valence-corrected chi connectivity index (χ0v) is 14.5. The van der Waals surface area contributed by atoms with Crippen LogP contribution >= 0.6 is 12.3 Å². The Kier molecular flexibility index (Phi) is 10.3. The van der Waals surface area contributed by atoms with E-state index in [1.165, 1.54) is 0 Å². The Bertz CT molecular complexity index is 113. The van der Waals surface area contributed by atoms with Crippen LogP contribution in [-0.4, -0.2) is 19.8 Å². The summed E-state index contributed by atoms with van der Waals surface area (Å²) in [5.41, 5.74) is 0. The predicted molar refractivity (Wildman–Crippen MR) is 57.7 cm³/mol. The molecule has 0 saturated carbocycles. The van der Waals surface area contributed by atoms with Gasteiger partial charge in [-0.2, -0.15) is 0 Å². The van der Waals surface area contributed by atoms with Crippen molar-refractivity contribution in [3.63, 3.8) is 0 Å². The van der Waals surface area contributed by atoms with Crippen molar-refractivity contribution in [1.29, 1.82) is 0 Å². The van der Waals surface area contributed by atoms with E-state index in [0.717, 1.165) is 39.1 Å². The van der Waals surface area contributed by atoms with Crippen LogP contribution in [0.3, 0.4) is 0 Å². The number of halogens is 1. The fourth-order valence-corrected chi connectivity index (χ4v) is 10.5. The van der Waals surface area contributed by atoms with Crippen molar-refractivity contribution in [1.82, 2.24) is 0 Å². The van der Waals surface area contributed by atoms with E-state index < -0.39 is 18.9 Å². The van der Waals surface area contributed by atoms with Crippen LogP contribution in [0.5, 0.6) is 0 Å². The third-order valence-electron chi connectivity index (χ3n) is 1.44. The molecule has 0 aromatic carbocycles. The van der Waals surface area contributed by atoms with Crippen molar-refractivity contribution in [3.05, 3.63) is 0 Å². The Morgan fingerprint density at radius 3 is 1.29 bits per heavy atom. The topological polar surface area (TPSA) is 27.7 Å². The van der Waals surface area contributed by atoms with E-state index >= 15 is 0 Å². The molecule has 0 atom stereocenters. The molecule has 0 aliphatic rings. The van der Waals surface area contributed by atoms with Crippen LogP contribution in [0, 0.1) is 0 Å². The number of rotatable bonds is 9. The van der Waals surface area contributed by atoms with Crippen LogP contribution in [0.1, 0.15) is 40.0 Å². The zero-order chi connectivity index (χ0) is 10.9. The van der Waals surface area contributed by atoms with Gasteiger partial charge in [-0.25, -0.2) is 0 Å². The predicted octanol–water partition coefficient (Wildman–Crippen LogP) is 3.48. The van der Waals surface area contributed by atoms with Crippen molar-refractivity contribution in [3.8, 4) is 0 Å². The van der Waals surface area contributed by atoms with Gasteiger partial charge in [0.05, 0.1) is 0 Å². The average molecular weight is 436 g/mol. The van der Waals surface area contributed by atoms with E-state index in [-0.39, 0.29) is 0 Å². The van der Waals surface area contributed by atoms with E-state index in [4.69, 9.17) is 8.56 Å². The second-order valence-corrected chi connectivity index (χ2v) is 17.5. The van der Waals surface area contributed by atoms with Gasteiger partial charge in [-0.15, -0.1) is 0 Å². The molecule has 0 aliphatic carbocycles. The molecule has 0 radical (unpaired) electrons. The molecule has 14 heavy (non-hydrogen) atoms. The maximum atomic E-state index is 5.68. The van der Waals surface area contributed by atoms with Gasteiger partial charge >= 0.3 is 99.7 Å². The minimum absolute atomic E-state index is 0.722. The quantitative estimate of drug-likeness (QED) is 0.519. The first-order valence-corrected chi connectivity index (χ1v) is 17.5. The number of hydrogen-bond acceptors (Lipinski definition) is 3. The Labute approximate surface area is 99.1 Å². The standard InChI is InChI=1S/3C3H7O.BrH.Hf/c3*1-2-3-4;;/h3*2-3H2,1H3;1H;/q3*-1;;+4/p-1. The Morgan fingerprint density at radius 1 is 0.786 bits per heavy atom. The summed E-state index contributed by atoms with van der Waals surface area (Å²) in [5, 5.41) is 0. The first-order valence-electron chi connectivity index (χ1n) is 5.29. The summed E-state index contributed by atoms with van der Waals surface area (Å²) in [6.07, 6.45) is 3.00. The molecule has 0 rings (SSSR count). The number of hydrogen-bond donors (Lipinski definition) is 0. The van der Waals surface area contributed by atoms with Gasteiger partial charge in [0.15, 0.2) is 0 Å². The van der Waals surface area contributed by atoms with Gasteiger partial charge in [0.25, 0.3) is 0 Å². The van der Waals surface area contributed by atoms with Crippen molar-refractivity contribution in [2.75, 3.05) is 19.8 Å². The summed E-state index contributed by atoms with van der Waals surface area (Å²) in [5.74, 6) is 0. The molecule has 86 valence electrons. The summed E-state index contributed by atoms with van der Waals surface area (Å²) in [7, 11) is 0. The zero-order valence-electron chi connectivity index (χ0n) is 9.35. The van der Waals surface area contributed by atoms with Crippen LogP contribution in [-0.2, 0) is 27.5 Å².